The van der Waals surface area contributed by atoms with Gasteiger partial charge in [0, 0.05) is 38.1 Å². The van der Waals surface area contributed by atoms with Crippen molar-refractivity contribution < 1.29 is 14.3 Å². The lowest BCUT2D eigenvalue weighted by Gasteiger charge is -2.38. The van der Waals surface area contributed by atoms with Gasteiger partial charge in [-0.3, -0.25) is 9.59 Å². The highest BCUT2D eigenvalue weighted by Gasteiger charge is 2.34. The van der Waals surface area contributed by atoms with Gasteiger partial charge in [0.2, 0.25) is 11.8 Å². The Hall–Kier alpha value is -1.14. The van der Waals surface area contributed by atoms with Gasteiger partial charge in [0.05, 0.1) is 12.5 Å². The Kier molecular flexibility index (Phi) is 7.69. The molecule has 2 fully saturated rings. The summed E-state index contributed by atoms with van der Waals surface area (Å²) >= 11 is 0. The Morgan fingerprint density at radius 3 is 2.72 bits per heavy atom. The maximum absolute atomic E-state index is 12.7. The van der Waals surface area contributed by atoms with Crippen molar-refractivity contribution in [3.63, 3.8) is 0 Å². The molecule has 0 aliphatic carbocycles. The lowest BCUT2D eigenvalue weighted by molar-refractivity contribution is -0.139. The lowest BCUT2D eigenvalue weighted by atomic mass is 9.79. The van der Waals surface area contributed by atoms with Crippen LogP contribution in [0.25, 0.3) is 0 Å². The van der Waals surface area contributed by atoms with Gasteiger partial charge in [-0.2, -0.15) is 0 Å². The van der Waals surface area contributed by atoms with Crippen LogP contribution in [0.2, 0.25) is 0 Å². The predicted molar refractivity (Wildman–Crippen MR) is 98.2 cm³/mol. The molecule has 0 aromatic carbocycles. The summed E-state index contributed by atoms with van der Waals surface area (Å²) in [5.41, 5.74) is 0.0383. The smallest absolute Gasteiger partial charge is 0.225 e. The molecule has 6 nitrogen and oxygen atoms in total. The average molecular weight is 354 g/mol. The van der Waals surface area contributed by atoms with Crippen molar-refractivity contribution in [1.29, 1.82) is 0 Å². The Labute approximate surface area is 152 Å². The molecule has 144 valence electrons. The van der Waals surface area contributed by atoms with Crippen molar-refractivity contribution in [1.82, 2.24) is 15.5 Å². The van der Waals surface area contributed by atoms with Crippen LogP contribution in [0, 0.1) is 17.3 Å². The molecule has 0 aromatic rings. The zero-order valence-electron chi connectivity index (χ0n) is 16.1. The van der Waals surface area contributed by atoms with Crippen LogP contribution in [0.5, 0.6) is 0 Å². The first kappa shape index (κ1) is 20.2. The average Bonchev–Trinajstić information content (AvgIpc) is 2.66. The molecule has 0 saturated carbocycles. The fraction of sp³-hybridized carbons (Fsp3) is 0.895. The monoisotopic (exact) mass is 353 g/mol. The van der Waals surface area contributed by atoms with Crippen LogP contribution in [-0.2, 0) is 14.3 Å². The first-order valence-electron chi connectivity index (χ1n) is 9.77. The Morgan fingerprint density at radius 1 is 1.36 bits per heavy atom. The highest BCUT2D eigenvalue weighted by Crippen LogP contribution is 2.28. The summed E-state index contributed by atoms with van der Waals surface area (Å²) in [7, 11) is 1.73. The van der Waals surface area contributed by atoms with Crippen LogP contribution in [-0.4, -0.2) is 63.2 Å². The van der Waals surface area contributed by atoms with Crippen molar-refractivity contribution in [3.05, 3.63) is 0 Å². The quantitative estimate of drug-likeness (QED) is 0.726. The number of carbonyl (C=O) groups is 2. The number of methoxy groups -OCH3 is 1. The third-order valence-electron chi connectivity index (χ3n) is 5.89. The third-order valence-corrected chi connectivity index (χ3v) is 5.89. The van der Waals surface area contributed by atoms with Gasteiger partial charge in [0.25, 0.3) is 0 Å². The molecule has 2 aliphatic rings. The Morgan fingerprint density at radius 2 is 2.08 bits per heavy atom. The predicted octanol–water partition coefficient (Wildman–Crippen LogP) is 1.40. The van der Waals surface area contributed by atoms with Crippen LogP contribution < -0.4 is 10.6 Å². The molecule has 25 heavy (non-hydrogen) atoms. The van der Waals surface area contributed by atoms with E-state index < -0.39 is 0 Å². The van der Waals surface area contributed by atoms with Gasteiger partial charge in [-0.05, 0) is 45.2 Å². The van der Waals surface area contributed by atoms with Crippen molar-refractivity contribution in [2.45, 2.75) is 46.0 Å². The molecule has 2 rings (SSSR count). The summed E-state index contributed by atoms with van der Waals surface area (Å²) in [4.78, 5) is 27.0. The van der Waals surface area contributed by atoms with Gasteiger partial charge in [-0.25, -0.2) is 0 Å². The summed E-state index contributed by atoms with van der Waals surface area (Å²) in [5, 5.41) is 6.54. The second-order valence-corrected chi connectivity index (χ2v) is 7.83. The Bertz CT molecular complexity index is 444. The number of nitrogens with zero attached hydrogens (tertiary/aromatic N) is 1. The highest BCUT2D eigenvalue weighted by molar-refractivity contribution is 5.82. The number of hydrogen-bond donors (Lipinski definition) is 2. The topological polar surface area (TPSA) is 70.7 Å². The number of piperidine rings is 2. The van der Waals surface area contributed by atoms with Crippen LogP contribution in [0.4, 0.5) is 0 Å². The van der Waals surface area contributed by atoms with Gasteiger partial charge in [0.15, 0.2) is 0 Å². The van der Waals surface area contributed by atoms with Crippen LogP contribution in [0.1, 0.15) is 46.0 Å². The molecule has 0 radical (unpaired) electrons. The summed E-state index contributed by atoms with van der Waals surface area (Å²) in [6.07, 6.45) is 4.66. The number of ether oxygens (including phenoxy) is 1. The maximum atomic E-state index is 12.7. The molecule has 2 aliphatic heterocycles. The van der Waals surface area contributed by atoms with E-state index >= 15 is 0 Å². The van der Waals surface area contributed by atoms with E-state index in [1.165, 1.54) is 0 Å². The summed E-state index contributed by atoms with van der Waals surface area (Å²) < 4.78 is 5.42. The number of amides is 2. The number of rotatable bonds is 7. The molecule has 6 heteroatoms. The van der Waals surface area contributed by atoms with Crippen LogP contribution in [0.3, 0.4) is 0 Å². The number of nitrogens with one attached hydrogen (secondary N) is 2. The van der Waals surface area contributed by atoms with Crippen molar-refractivity contribution >= 4 is 11.8 Å². The van der Waals surface area contributed by atoms with Gasteiger partial charge in [0.1, 0.15) is 0 Å². The van der Waals surface area contributed by atoms with Crippen molar-refractivity contribution in [2.24, 2.45) is 17.3 Å². The normalized spacial score (nSPS) is 24.6. The number of hydrogen-bond acceptors (Lipinski definition) is 4. The zero-order chi connectivity index (χ0) is 18.3. The summed E-state index contributed by atoms with van der Waals surface area (Å²) in [6.45, 7) is 8.64. The standard InChI is InChI=1S/C19H35N3O3/c1-4-15(2)18(24)22-11-5-6-16(12-22)17(23)21-13-19(14-25-3)7-9-20-10-8-19/h15-16,20H,4-14H2,1-3H3,(H,21,23). The lowest BCUT2D eigenvalue weighted by Crippen LogP contribution is -2.51. The van der Waals surface area contributed by atoms with Crippen LogP contribution >= 0.6 is 0 Å². The molecule has 2 amide bonds. The van der Waals surface area contributed by atoms with E-state index in [1.54, 1.807) is 7.11 Å². The first-order chi connectivity index (χ1) is 12.0. The number of carbonyl (C=O) groups excluding carboxylic acids is 2. The van der Waals surface area contributed by atoms with Gasteiger partial charge in [-0.15, -0.1) is 0 Å². The van der Waals surface area contributed by atoms with E-state index in [2.05, 4.69) is 10.6 Å². The second-order valence-electron chi connectivity index (χ2n) is 7.83. The molecule has 2 heterocycles. The zero-order valence-corrected chi connectivity index (χ0v) is 16.1. The van der Waals surface area contributed by atoms with Gasteiger partial charge < -0.3 is 20.3 Å². The minimum Gasteiger partial charge on any atom is -0.384 e. The van der Waals surface area contributed by atoms with Gasteiger partial charge in [-0.1, -0.05) is 13.8 Å². The molecular weight excluding hydrogens is 318 g/mol. The molecule has 2 atom stereocenters. The number of likely N-dealkylation sites (tertiary alicyclic amines) is 1. The molecule has 0 bridgehead atoms. The molecule has 0 spiro atoms. The molecule has 2 unspecified atom stereocenters. The SMILES string of the molecule is CCC(C)C(=O)N1CCCC(C(=O)NCC2(COC)CCNCC2)C1. The van der Waals surface area contributed by atoms with Gasteiger partial charge >= 0.3 is 0 Å². The van der Waals surface area contributed by atoms with Crippen LogP contribution in [0.15, 0.2) is 0 Å². The molecule has 2 N–H and O–H groups in total. The molecular formula is C19H35N3O3. The van der Waals surface area contributed by atoms with E-state index in [0.717, 1.165) is 51.7 Å². The van der Waals surface area contributed by atoms with Crippen molar-refractivity contribution in [2.75, 3.05) is 46.4 Å². The summed E-state index contributed by atoms with van der Waals surface area (Å²) in [5.74, 6) is 0.245. The summed E-state index contributed by atoms with van der Waals surface area (Å²) in [6, 6.07) is 0. The molecule has 2 saturated heterocycles. The minimum atomic E-state index is -0.0805. The maximum Gasteiger partial charge on any atom is 0.225 e. The minimum absolute atomic E-state index is 0.0383. The third kappa shape index (κ3) is 5.42. The van der Waals surface area contributed by atoms with E-state index in [1.807, 2.05) is 18.7 Å². The fourth-order valence-corrected chi connectivity index (χ4v) is 3.93. The Balaban J connectivity index is 1.88. The second kappa shape index (κ2) is 9.53. The highest BCUT2D eigenvalue weighted by atomic mass is 16.5. The fourth-order valence-electron chi connectivity index (χ4n) is 3.93. The van der Waals surface area contributed by atoms with E-state index in [-0.39, 0.29) is 29.1 Å². The largest absolute Gasteiger partial charge is 0.384 e. The molecule has 0 aromatic heterocycles. The van der Waals surface area contributed by atoms with E-state index in [4.69, 9.17) is 4.74 Å². The van der Waals surface area contributed by atoms with E-state index in [9.17, 15) is 9.59 Å². The van der Waals surface area contributed by atoms with E-state index in [0.29, 0.717) is 19.7 Å². The van der Waals surface area contributed by atoms with Crippen molar-refractivity contribution in [3.8, 4) is 0 Å². The first-order valence-corrected chi connectivity index (χ1v) is 9.77.